The summed E-state index contributed by atoms with van der Waals surface area (Å²) in [7, 11) is 0. The molecule has 33 heavy (non-hydrogen) atoms. The van der Waals surface area contributed by atoms with Crippen molar-refractivity contribution in [3.63, 3.8) is 0 Å². The van der Waals surface area contributed by atoms with Gasteiger partial charge in [0.1, 0.15) is 5.82 Å². The molecule has 1 saturated heterocycles. The van der Waals surface area contributed by atoms with Crippen molar-refractivity contribution in [2.45, 2.75) is 37.4 Å². The molecule has 2 aromatic carbocycles. The van der Waals surface area contributed by atoms with E-state index in [1.54, 1.807) is 30.3 Å². The average Bonchev–Trinajstić information content (AvgIpc) is 3.24. The fourth-order valence-corrected chi connectivity index (χ4v) is 5.12. The van der Waals surface area contributed by atoms with Crippen molar-refractivity contribution in [1.29, 1.82) is 0 Å². The van der Waals surface area contributed by atoms with E-state index in [0.717, 1.165) is 37.4 Å². The van der Waals surface area contributed by atoms with Crippen molar-refractivity contribution in [2.24, 2.45) is 0 Å². The van der Waals surface area contributed by atoms with Crippen molar-refractivity contribution in [3.8, 4) is 5.69 Å². The van der Waals surface area contributed by atoms with Gasteiger partial charge in [0.05, 0.1) is 27.5 Å². The van der Waals surface area contributed by atoms with Gasteiger partial charge < -0.3 is 5.32 Å². The maximum atomic E-state index is 13.6. The first kappa shape index (κ1) is 24.0. The molecule has 1 atom stereocenters. The molecule has 0 radical (unpaired) electrons. The molecule has 1 N–H and O–H groups in total. The number of hydrogen-bond donors (Lipinski definition) is 1. The first-order valence-electron chi connectivity index (χ1n) is 10.8. The van der Waals surface area contributed by atoms with Gasteiger partial charge in [-0.05, 0) is 69.3 Å². The highest BCUT2D eigenvalue weighted by Gasteiger charge is 2.26. The molecule has 0 saturated carbocycles. The lowest BCUT2D eigenvalue weighted by atomic mass is 10.1. The standard InChI is InChI=1S/C23H24Cl2FN5OS/c1-15(30-12-3-2-4-13-30)22-28-29-23(31(22)17-10-8-16(26)9-11-17)33-14-20(32)27-21-18(24)6-5-7-19(21)25/h5-11,15H,2-4,12-14H2,1H3,(H,27,32). The predicted octanol–water partition coefficient (Wildman–Crippen LogP) is 5.99. The van der Waals surface area contributed by atoms with Crippen LogP contribution in [0.15, 0.2) is 47.6 Å². The second kappa shape index (κ2) is 10.9. The van der Waals surface area contributed by atoms with Crippen LogP contribution in [0, 0.1) is 5.82 Å². The first-order chi connectivity index (χ1) is 15.9. The molecule has 0 aliphatic carbocycles. The Morgan fingerprint density at radius 2 is 1.76 bits per heavy atom. The fraction of sp³-hybridized carbons (Fsp3) is 0.348. The van der Waals surface area contributed by atoms with Crippen LogP contribution >= 0.6 is 35.0 Å². The lowest BCUT2D eigenvalue weighted by molar-refractivity contribution is -0.113. The molecule has 174 valence electrons. The molecule has 1 fully saturated rings. The van der Waals surface area contributed by atoms with Crippen molar-refractivity contribution in [3.05, 3.63) is 64.2 Å². The normalized spacial score (nSPS) is 15.4. The van der Waals surface area contributed by atoms with Crippen molar-refractivity contribution >= 4 is 46.6 Å². The summed E-state index contributed by atoms with van der Waals surface area (Å²) in [5.41, 5.74) is 1.13. The second-order valence-corrected chi connectivity index (χ2v) is 9.62. The molecule has 1 amide bonds. The molecule has 2 heterocycles. The van der Waals surface area contributed by atoms with E-state index in [-0.39, 0.29) is 23.5 Å². The van der Waals surface area contributed by atoms with E-state index in [0.29, 0.717) is 20.9 Å². The van der Waals surface area contributed by atoms with Crippen LogP contribution in [0.2, 0.25) is 10.0 Å². The Morgan fingerprint density at radius 3 is 2.42 bits per heavy atom. The predicted molar refractivity (Wildman–Crippen MR) is 131 cm³/mol. The summed E-state index contributed by atoms with van der Waals surface area (Å²) >= 11 is 13.6. The Labute approximate surface area is 206 Å². The lowest BCUT2D eigenvalue weighted by Crippen LogP contribution is -2.33. The van der Waals surface area contributed by atoms with Gasteiger partial charge >= 0.3 is 0 Å². The Balaban J connectivity index is 1.56. The lowest BCUT2D eigenvalue weighted by Gasteiger charge is -2.31. The van der Waals surface area contributed by atoms with Gasteiger partial charge in [-0.1, -0.05) is 47.5 Å². The largest absolute Gasteiger partial charge is 0.323 e. The van der Waals surface area contributed by atoms with Gasteiger partial charge in [-0.3, -0.25) is 14.3 Å². The molecule has 4 rings (SSSR count). The number of rotatable bonds is 7. The summed E-state index contributed by atoms with van der Waals surface area (Å²) in [5, 5.41) is 12.9. The summed E-state index contributed by atoms with van der Waals surface area (Å²) < 4.78 is 15.5. The maximum Gasteiger partial charge on any atom is 0.234 e. The minimum atomic E-state index is -0.317. The number of benzene rings is 2. The molecule has 1 unspecified atom stereocenters. The van der Waals surface area contributed by atoms with Crippen molar-refractivity contribution in [1.82, 2.24) is 19.7 Å². The zero-order chi connectivity index (χ0) is 23.4. The van der Waals surface area contributed by atoms with E-state index in [2.05, 4.69) is 27.3 Å². The average molecular weight is 508 g/mol. The highest BCUT2D eigenvalue weighted by molar-refractivity contribution is 7.99. The van der Waals surface area contributed by atoms with Crippen LogP contribution < -0.4 is 5.32 Å². The van der Waals surface area contributed by atoms with E-state index < -0.39 is 0 Å². The molecule has 3 aromatic rings. The molecule has 1 aromatic heterocycles. The van der Waals surface area contributed by atoms with E-state index in [1.165, 1.54) is 30.3 Å². The highest BCUT2D eigenvalue weighted by atomic mass is 35.5. The van der Waals surface area contributed by atoms with Gasteiger partial charge in [0.25, 0.3) is 0 Å². The van der Waals surface area contributed by atoms with Crippen LogP contribution in [0.4, 0.5) is 10.1 Å². The number of likely N-dealkylation sites (tertiary alicyclic amines) is 1. The van der Waals surface area contributed by atoms with Crippen molar-refractivity contribution < 1.29 is 9.18 Å². The third-order valence-corrected chi connectivity index (χ3v) is 7.17. The molecule has 0 spiro atoms. The topological polar surface area (TPSA) is 63.1 Å². The quantitative estimate of drug-likeness (QED) is 0.397. The van der Waals surface area contributed by atoms with Crippen LogP contribution in [0.5, 0.6) is 0 Å². The number of carbonyl (C=O) groups excluding carboxylic acids is 1. The minimum Gasteiger partial charge on any atom is -0.323 e. The highest BCUT2D eigenvalue weighted by Crippen LogP contribution is 2.32. The molecule has 1 aliphatic heterocycles. The van der Waals surface area contributed by atoms with Gasteiger partial charge in [0.2, 0.25) is 5.91 Å². The molecule has 1 aliphatic rings. The Morgan fingerprint density at radius 1 is 1.09 bits per heavy atom. The van der Waals surface area contributed by atoms with Gasteiger partial charge in [0, 0.05) is 5.69 Å². The van der Waals surface area contributed by atoms with E-state index in [1.807, 2.05) is 4.57 Å². The SMILES string of the molecule is CC(c1nnc(SCC(=O)Nc2c(Cl)cccc2Cl)n1-c1ccc(F)cc1)N1CCCCC1. The second-order valence-electron chi connectivity index (χ2n) is 7.86. The molecule has 10 heteroatoms. The number of carbonyl (C=O) groups is 1. The van der Waals surface area contributed by atoms with Crippen LogP contribution in [0.25, 0.3) is 5.69 Å². The van der Waals surface area contributed by atoms with E-state index in [4.69, 9.17) is 23.2 Å². The summed E-state index contributed by atoms with van der Waals surface area (Å²) in [4.78, 5) is 15.0. The van der Waals surface area contributed by atoms with E-state index >= 15 is 0 Å². The zero-order valence-corrected chi connectivity index (χ0v) is 20.4. The number of aromatic nitrogens is 3. The number of hydrogen-bond acceptors (Lipinski definition) is 5. The molecular weight excluding hydrogens is 484 g/mol. The number of amides is 1. The minimum absolute atomic E-state index is 0.0351. The molecule has 6 nitrogen and oxygen atoms in total. The summed E-state index contributed by atoms with van der Waals surface area (Å²) in [5.74, 6) is 0.261. The number of halogens is 3. The summed E-state index contributed by atoms with van der Waals surface area (Å²) in [6.07, 6.45) is 3.54. The number of anilines is 1. The van der Waals surface area contributed by atoms with Crippen LogP contribution in [-0.4, -0.2) is 44.4 Å². The zero-order valence-electron chi connectivity index (χ0n) is 18.1. The Hall–Kier alpha value is -2.13. The third-order valence-electron chi connectivity index (χ3n) is 5.61. The van der Waals surface area contributed by atoms with E-state index in [9.17, 15) is 9.18 Å². The number of nitrogens with zero attached hydrogens (tertiary/aromatic N) is 4. The number of para-hydroxylation sites is 1. The Bertz CT molecular complexity index is 1100. The number of piperidine rings is 1. The first-order valence-corrected chi connectivity index (χ1v) is 12.5. The van der Waals surface area contributed by atoms with Gasteiger partial charge in [-0.15, -0.1) is 10.2 Å². The van der Waals surface area contributed by atoms with Crippen molar-refractivity contribution in [2.75, 3.05) is 24.2 Å². The van der Waals surface area contributed by atoms with Gasteiger partial charge in [-0.25, -0.2) is 4.39 Å². The monoisotopic (exact) mass is 507 g/mol. The molecule has 0 bridgehead atoms. The smallest absolute Gasteiger partial charge is 0.234 e. The van der Waals surface area contributed by atoms with Crippen LogP contribution in [0.3, 0.4) is 0 Å². The fourth-order valence-electron chi connectivity index (χ4n) is 3.87. The third kappa shape index (κ3) is 5.69. The van der Waals surface area contributed by atoms with Crippen LogP contribution in [-0.2, 0) is 4.79 Å². The summed E-state index contributed by atoms with van der Waals surface area (Å²) in [6, 6.07) is 11.3. The Kier molecular flexibility index (Phi) is 7.90. The molecular formula is C23H24Cl2FN5OS. The number of nitrogens with one attached hydrogen (secondary N) is 1. The van der Waals surface area contributed by atoms with Gasteiger partial charge in [0.15, 0.2) is 11.0 Å². The van der Waals surface area contributed by atoms with Gasteiger partial charge in [-0.2, -0.15) is 0 Å². The number of thioether (sulfide) groups is 1. The van der Waals surface area contributed by atoms with Crippen LogP contribution in [0.1, 0.15) is 38.1 Å². The summed E-state index contributed by atoms with van der Waals surface area (Å²) in [6.45, 7) is 4.11. The maximum absolute atomic E-state index is 13.6.